The lowest BCUT2D eigenvalue weighted by atomic mass is 10.1. The summed E-state index contributed by atoms with van der Waals surface area (Å²) in [5.74, 6) is -0.244. The Labute approximate surface area is 105 Å². The van der Waals surface area contributed by atoms with Crippen LogP contribution in [-0.2, 0) is 22.5 Å². The maximum Gasteiger partial charge on any atom is 0.310 e. The van der Waals surface area contributed by atoms with E-state index in [1.807, 2.05) is 24.4 Å². The van der Waals surface area contributed by atoms with Gasteiger partial charge in [0.2, 0.25) is 0 Å². The summed E-state index contributed by atoms with van der Waals surface area (Å²) in [5, 5.41) is 4.02. The lowest BCUT2D eigenvalue weighted by Crippen LogP contribution is -2.13. The topological polar surface area (TPSA) is 70.1 Å². The molecule has 1 aromatic heterocycles. The summed E-state index contributed by atoms with van der Waals surface area (Å²) < 4.78 is 6.84. The minimum atomic E-state index is -0.244. The molecule has 0 radical (unpaired) electrons. The van der Waals surface area contributed by atoms with Gasteiger partial charge < -0.3 is 10.5 Å². The predicted molar refractivity (Wildman–Crippen MR) is 67.7 cm³/mol. The minimum absolute atomic E-state index is 0.244. The van der Waals surface area contributed by atoms with E-state index in [2.05, 4.69) is 5.10 Å². The third kappa shape index (κ3) is 3.62. The molecule has 0 saturated carbocycles. The number of nitrogens with zero attached hydrogens (tertiary/aromatic N) is 2. The minimum Gasteiger partial charge on any atom is -0.463 e. The van der Waals surface area contributed by atoms with Crippen LogP contribution < -0.4 is 5.73 Å². The average Bonchev–Trinajstić information content (AvgIpc) is 2.85. The van der Waals surface area contributed by atoms with E-state index in [1.54, 1.807) is 23.0 Å². The van der Waals surface area contributed by atoms with Gasteiger partial charge in [0.25, 0.3) is 0 Å². The highest BCUT2D eigenvalue weighted by Gasteiger charge is 2.04. The van der Waals surface area contributed by atoms with Gasteiger partial charge in [-0.2, -0.15) is 5.10 Å². The van der Waals surface area contributed by atoms with Crippen molar-refractivity contribution >= 4 is 11.7 Å². The van der Waals surface area contributed by atoms with Crippen LogP contribution in [0.3, 0.4) is 0 Å². The Morgan fingerprint density at radius 2 is 2.11 bits per heavy atom. The SMILES string of the molecule is Nc1ccc(CC(=O)OCCn2cccn2)cc1. The van der Waals surface area contributed by atoms with Crippen LogP contribution in [-0.4, -0.2) is 22.4 Å². The van der Waals surface area contributed by atoms with Crippen LogP contribution in [0, 0.1) is 0 Å². The van der Waals surface area contributed by atoms with E-state index in [0.717, 1.165) is 5.56 Å². The van der Waals surface area contributed by atoms with E-state index in [0.29, 0.717) is 18.8 Å². The van der Waals surface area contributed by atoms with Gasteiger partial charge in [-0.3, -0.25) is 9.48 Å². The second-order valence-corrected chi connectivity index (χ2v) is 3.91. The molecule has 0 unspecified atom stereocenters. The Morgan fingerprint density at radius 3 is 2.78 bits per heavy atom. The number of hydrogen-bond acceptors (Lipinski definition) is 4. The fourth-order valence-corrected chi connectivity index (χ4v) is 1.54. The van der Waals surface area contributed by atoms with Gasteiger partial charge in [-0.25, -0.2) is 0 Å². The summed E-state index contributed by atoms with van der Waals surface area (Å²) in [6.45, 7) is 0.899. The molecule has 0 aliphatic heterocycles. The second-order valence-electron chi connectivity index (χ2n) is 3.91. The number of carbonyl (C=O) groups is 1. The molecule has 0 atom stereocenters. The Balaban J connectivity index is 1.73. The molecule has 1 aromatic carbocycles. The van der Waals surface area contributed by atoms with Crippen LogP contribution in [0.4, 0.5) is 5.69 Å². The van der Waals surface area contributed by atoms with Crippen molar-refractivity contribution in [3.8, 4) is 0 Å². The zero-order valence-corrected chi connectivity index (χ0v) is 9.95. The van der Waals surface area contributed by atoms with Crippen LogP contribution in [0.2, 0.25) is 0 Å². The summed E-state index contributed by atoms with van der Waals surface area (Å²) in [5.41, 5.74) is 7.15. The fraction of sp³-hybridized carbons (Fsp3) is 0.231. The van der Waals surface area contributed by atoms with Gasteiger partial charge >= 0.3 is 5.97 Å². The molecule has 2 rings (SSSR count). The zero-order chi connectivity index (χ0) is 12.8. The number of hydrogen-bond donors (Lipinski definition) is 1. The summed E-state index contributed by atoms with van der Waals surface area (Å²) >= 11 is 0. The number of benzene rings is 1. The van der Waals surface area contributed by atoms with E-state index in [9.17, 15) is 4.79 Å². The lowest BCUT2D eigenvalue weighted by molar-refractivity contribution is -0.143. The molecule has 0 saturated heterocycles. The first-order chi connectivity index (χ1) is 8.74. The molecular weight excluding hydrogens is 230 g/mol. The van der Waals surface area contributed by atoms with Gasteiger partial charge in [0.05, 0.1) is 13.0 Å². The van der Waals surface area contributed by atoms with E-state index in [4.69, 9.17) is 10.5 Å². The Morgan fingerprint density at radius 1 is 1.33 bits per heavy atom. The maximum absolute atomic E-state index is 11.5. The Bertz CT molecular complexity index is 491. The number of ether oxygens (including phenoxy) is 1. The molecule has 0 aliphatic rings. The van der Waals surface area contributed by atoms with Crippen molar-refractivity contribution in [3.05, 3.63) is 48.3 Å². The number of anilines is 1. The summed E-state index contributed by atoms with van der Waals surface area (Å²) in [6, 6.07) is 9.02. The van der Waals surface area contributed by atoms with Gasteiger partial charge in [-0.05, 0) is 23.8 Å². The molecule has 0 bridgehead atoms. The van der Waals surface area contributed by atoms with Crippen LogP contribution in [0.15, 0.2) is 42.7 Å². The van der Waals surface area contributed by atoms with Crippen LogP contribution >= 0.6 is 0 Å². The zero-order valence-electron chi connectivity index (χ0n) is 9.95. The van der Waals surface area contributed by atoms with E-state index >= 15 is 0 Å². The quantitative estimate of drug-likeness (QED) is 0.635. The van der Waals surface area contributed by atoms with Crippen molar-refractivity contribution < 1.29 is 9.53 Å². The molecule has 5 heteroatoms. The fourth-order valence-electron chi connectivity index (χ4n) is 1.54. The van der Waals surface area contributed by atoms with Crippen molar-refractivity contribution in [1.82, 2.24) is 9.78 Å². The number of rotatable bonds is 5. The van der Waals surface area contributed by atoms with Crippen LogP contribution in [0.1, 0.15) is 5.56 Å². The third-order valence-electron chi connectivity index (χ3n) is 2.47. The lowest BCUT2D eigenvalue weighted by Gasteiger charge is -2.05. The first-order valence-corrected chi connectivity index (χ1v) is 5.71. The normalized spacial score (nSPS) is 10.2. The Hall–Kier alpha value is -2.30. The molecular formula is C13H15N3O2. The molecule has 0 spiro atoms. The first-order valence-electron chi connectivity index (χ1n) is 5.71. The summed E-state index contributed by atoms with van der Waals surface area (Å²) in [6.07, 6.45) is 3.78. The van der Waals surface area contributed by atoms with Crippen molar-refractivity contribution in [2.24, 2.45) is 0 Å². The monoisotopic (exact) mass is 245 g/mol. The highest BCUT2D eigenvalue weighted by Crippen LogP contribution is 2.06. The maximum atomic E-state index is 11.5. The highest BCUT2D eigenvalue weighted by molar-refractivity contribution is 5.72. The second kappa shape index (κ2) is 5.86. The van der Waals surface area contributed by atoms with Gasteiger partial charge in [-0.1, -0.05) is 12.1 Å². The molecule has 0 fully saturated rings. The molecule has 2 aromatic rings. The number of esters is 1. The number of aromatic nitrogens is 2. The molecule has 5 nitrogen and oxygen atoms in total. The smallest absolute Gasteiger partial charge is 0.310 e. The van der Waals surface area contributed by atoms with Crippen molar-refractivity contribution in [3.63, 3.8) is 0 Å². The summed E-state index contributed by atoms with van der Waals surface area (Å²) in [4.78, 5) is 11.5. The summed E-state index contributed by atoms with van der Waals surface area (Å²) in [7, 11) is 0. The number of carbonyl (C=O) groups excluding carboxylic acids is 1. The highest BCUT2D eigenvalue weighted by atomic mass is 16.5. The van der Waals surface area contributed by atoms with Crippen LogP contribution in [0.5, 0.6) is 0 Å². The molecule has 2 N–H and O–H groups in total. The molecule has 0 amide bonds. The molecule has 94 valence electrons. The van der Waals surface area contributed by atoms with Gasteiger partial charge in [0.15, 0.2) is 0 Å². The predicted octanol–water partition coefficient (Wildman–Crippen LogP) is 1.25. The average molecular weight is 245 g/mol. The third-order valence-corrected chi connectivity index (χ3v) is 2.47. The Kier molecular flexibility index (Phi) is 3.96. The molecule has 1 heterocycles. The number of nitrogens with two attached hydrogens (primary N) is 1. The van der Waals surface area contributed by atoms with Gasteiger partial charge in [0, 0.05) is 18.1 Å². The largest absolute Gasteiger partial charge is 0.463 e. The van der Waals surface area contributed by atoms with Gasteiger partial charge in [-0.15, -0.1) is 0 Å². The van der Waals surface area contributed by atoms with Crippen molar-refractivity contribution in [2.45, 2.75) is 13.0 Å². The first kappa shape index (κ1) is 12.2. The van der Waals surface area contributed by atoms with E-state index < -0.39 is 0 Å². The van der Waals surface area contributed by atoms with E-state index in [-0.39, 0.29) is 12.4 Å². The van der Waals surface area contributed by atoms with E-state index in [1.165, 1.54) is 0 Å². The molecule has 0 aliphatic carbocycles. The van der Waals surface area contributed by atoms with Crippen molar-refractivity contribution in [1.29, 1.82) is 0 Å². The molecule has 18 heavy (non-hydrogen) atoms. The van der Waals surface area contributed by atoms with Gasteiger partial charge in [0.1, 0.15) is 6.61 Å². The van der Waals surface area contributed by atoms with Crippen molar-refractivity contribution in [2.75, 3.05) is 12.3 Å². The standard InChI is InChI=1S/C13H15N3O2/c14-12-4-2-11(3-5-12)10-13(17)18-9-8-16-7-1-6-15-16/h1-7H,8-10,14H2. The number of nitrogen functional groups attached to an aromatic ring is 1. The van der Waals surface area contributed by atoms with Crippen LogP contribution in [0.25, 0.3) is 0 Å².